The SMILES string of the molecule is CC1CN(S(=O)(=O)c2ccc(CN)c(Cl)c2)CCC1O. The standard InChI is InChI=1S/C13H19ClN2O3S/c1-9-8-16(5-4-13(9)17)20(18,19)11-3-2-10(7-15)12(14)6-11/h2-3,6,9,13,17H,4-5,7-8,15H2,1H3. The highest BCUT2D eigenvalue weighted by Gasteiger charge is 2.32. The van der Waals surface area contributed by atoms with Crippen molar-refractivity contribution in [3.8, 4) is 0 Å². The Morgan fingerprint density at radius 2 is 2.20 bits per heavy atom. The van der Waals surface area contributed by atoms with Crippen LogP contribution in [0.15, 0.2) is 23.1 Å². The number of nitrogens with two attached hydrogens (primary N) is 1. The quantitative estimate of drug-likeness (QED) is 0.877. The van der Waals surface area contributed by atoms with Crippen molar-refractivity contribution in [3.63, 3.8) is 0 Å². The van der Waals surface area contributed by atoms with Gasteiger partial charge in [-0.25, -0.2) is 8.42 Å². The van der Waals surface area contributed by atoms with Crippen molar-refractivity contribution >= 4 is 21.6 Å². The molecule has 2 atom stereocenters. The summed E-state index contributed by atoms with van der Waals surface area (Å²) < 4.78 is 26.5. The fourth-order valence-corrected chi connectivity index (χ4v) is 4.22. The van der Waals surface area contributed by atoms with Crippen molar-refractivity contribution in [1.29, 1.82) is 0 Å². The fourth-order valence-electron chi connectivity index (χ4n) is 2.32. The summed E-state index contributed by atoms with van der Waals surface area (Å²) in [6.45, 7) is 2.76. The molecule has 1 aromatic carbocycles. The molecule has 1 fully saturated rings. The molecule has 1 aliphatic heterocycles. The van der Waals surface area contributed by atoms with Gasteiger partial charge in [-0.3, -0.25) is 0 Å². The minimum absolute atomic E-state index is 0.0719. The van der Waals surface area contributed by atoms with Gasteiger partial charge < -0.3 is 10.8 Å². The van der Waals surface area contributed by atoms with E-state index in [0.717, 1.165) is 0 Å². The first-order valence-electron chi connectivity index (χ1n) is 6.53. The Labute approximate surface area is 124 Å². The first-order chi connectivity index (χ1) is 9.36. The van der Waals surface area contributed by atoms with Gasteiger partial charge in [0.1, 0.15) is 0 Å². The number of halogens is 1. The number of rotatable bonds is 3. The Kier molecular flexibility index (Phi) is 4.71. The molecule has 112 valence electrons. The van der Waals surface area contributed by atoms with Crippen molar-refractivity contribution < 1.29 is 13.5 Å². The Morgan fingerprint density at radius 3 is 2.75 bits per heavy atom. The molecule has 3 N–H and O–H groups in total. The molecule has 2 unspecified atom stereocenters. The highest BCUT2D eigenvalue weighted by atomic mass is 35.5. The summed E-state index contributed by atoms with van der Waals surface area (Å²) in [6, 6.07) is 4.60. The Hall–Kier alpha value is -0.660. The molecule has 2 rings (SSSR count). The first-order valence-corrected chi connectivity index (χ1v) is 8.34. The van der Waals surface area contributed by atoms with E-state index in [4.69, 9.17) is 17.3 Å². The summed E-state index contributed by atoms with van der Waals surface area (Å²) in [6.07, 6.45) is 0.0133. The van der Waals surface area contributed by atoms with Gasteiger partial charge in [0.2, 0.25) is 10.0 Å². The van der Waals surface area contributed by atoms with Gasteiger partial charge in [-0.15, -0.1) is 0 Å². The van der Waals surface area contributed by atoms with E-state index in [1.807, 2.05) is 6.92 Å². The lowest BCUT2D eigenvalue weighted by molar-refractivity contribution is 0.0628. The van der Waals surface area contributed by atoms with E-state index in [-0.39, 0.29) is 17.4 Å². The second-order valence-corrected chi connectivity index (χ2v) is 7.50. The van der Waals surface area contributed by atoms with Crippen molar-refractivity contribution in [3.05, 3.63) is 28.8 Å². The molecule has 5 nitrogen and oxygen atoms in total. The van der Waals surface area contributed by atoms with Gasteiger partial charge in [-0.05, 0) is 30.0 Å². The van der Waals surface area contributed by atoms with Gasteiger partial charge >= 0.3 is 0 Å². The molecule has 1 saturated heterocycles. The summed E-state index contributed by atoms with van der Waals surface area (Å²) in [4.78, 5) is 0.170. The van der Waals surface area contributed by atoms with Crippen LogP contribution in [0.2, 0.25) is 5.02 Å². The van der Waals surface area contributed by atoms with Crippen molar-refractivity contribution in [1.82, 2.24) is 4.31 Å². The smallest absolute Gasteiger partial charge is 0.243 e. The Bertz CT molecular complexity index is 591. The number of aliphatic hydroxyl groups is 1. The average molecular weight is 319 g/mol. The minimum atomic E-state index is -3.57. The Balaban J connectivity index is 2.29. The van der Waals surface area contributed by atoms with Crippen molar-refractivity contribution in [2.75, 3.05) is 13.1 Å². The molecule has 1 heterocycles. The molecule has 0 aromatic heterocycles. The summed E-state index contributed by atoms with van der Waals surface area (Å²) in [5.41, 5.74) is 6.23. The summed E-state index contributed by atoms with van der Waals surface area (Å²) >= 11 is 6.02. The molecule has 0 saturated carbocycles. The zero-order valence-electron chi connectivity index (χ0n) is 11.3. The number of sulfonamides is 1. The molecular formula is C13H19ClN2O3S. The molecule has 0 radical (unpaired) electrons. The molecule has 1 aromatic rings. The van der Waals surface area contributed by atoms with Crippen LogP contribution < -0.4 is 5.73 Å². The van der Waals surface area contributed by atoms with E-state index in [0.29, 0.717) is 30.1 Å². The van der Waals surface area contributed by atoms with Gasteiger partial charge in [0.15, 0.2) is 0 Å². The van der Waals surface area contributed by atoms with Crippen LogP contribution in [0.25, 0.3) is 0 Å². The monoisotopic (exact) mass is 318 g/mol. The third-order valence-corrected chi connectivity index (χ3v) is 5.92. The lowest BCUT2D eigenvalue weighted by atomic mass is 9.99. The van der Waals surface area contributed by atoms with Gasteiger partial charge in [-0.1, -0.05) is 24.6 Å². The number of piperidine rings is 1. The fraction of sp³-hybridized carbons (Fsp3) is 0.538. The minimum Gasteiger partial charge on any atom is -0.393 e. The number of aliphatic hydroxyl groups excluding tert-OH is 1. The second-order valence-electron chi connectivity index (χ2n) is 5.15. The molecular weight excluding hydrogens is 300 g/mol. The van der Waals surface area contributed by atoms with Crippen LogP contribution in [0.1, 0.15) is 18.9 Å². The summed E-state index contributed by atoms with van der Waals surface area (Å²) in [5.74, 6) is -0.0719. The number of hydrogen-bond acceptors (Lipinski definition) is 4. The highest BCUT2D eigenvalue weighted by molar-refractivity contribution is 7.89. The van der Waals surface area contributed by atoms with Crippen LogP contribution in [0.5, 0.6) is 0 Å². The molecule has 1 aliphatic rings. The average Bonchev–Trinajstić information content (AvgIpc) is 2.41. The third-order valence-electron chi connectivity index (χ3n) is 3.70. The maximum atomic E-state index is 12.5. The highest BCUT2D eigenvalue weighted by Crippen LogP contribution is 2.26. The maximum absolute atomic E-state index is 12.5. The molecule has 7 heteroatoms. The normalized spacial score (nSPS) is 24.8. The van der Waals surface area contributed by atoms with Crippen LogP contribution in [-0.2, 0) is 16.6 Å². The van der Waals surface area contributed by atoms with Crippen LogP contribution in [-0.4, -0.2) is 37.0 Å². The van der Waals surface area contributed by atoms with Gasteiger partial charge in [0, 0.05) is 24.7 Å². The maximum Gasteiger partial charge on any atom is 0.243 e. The summed E-state index contributed by atoms with van der Waals surface area (Å²) in [5, 5.41) is 10.0. The molecule has 0 aliphatic carbocycles. The van der Waals surface area contributed by atoms with E-state index in [1.54, 1.807) is 6.07 Å². The molecule has 0 bridgehead atoms. The van der Waals surface area contributed by atoms with E-state index >= 15 is 0 Å². The van der Waals surface area contributed by atoms with E-state index in [9.17, 15) is 13.5 Å². The molecule has 0 spiro atoms. The van der Waals surface area contributed by atoms with Crippen molar-refractivity contribution in [2.45, 2.75) is 30.9 Å². The molecule has 20 heavy (non-hydrogen) atoms. The second kappa shape index (κ2) is 5.99. The largest absolute Gasteiger partial charge is 0.393 e. The van der Waals surface area contributed by atoms with Gasteiger partial charge in [-0.2, -0.15) is 4.31 Å². The number of nitrogens with zero attached hydrogens (tertiary/aromatic N) is 1. The Morgan fingerprint density at radius 1 is 1.50 bits per heavy atom. The van der Waals surface area contributed by atoms with Crippen LogP contribution in [0.4, 0.5) is 0 Å². The van der Waals surface area contributed by atoms with Crippen LogP contribution >= 0.6 is 11.6 Å². The van der Waals surface area contributed by atoms with Gasteiger partial charge in [0.25, 0.3) is 0 Å². The van der Waals surface area contributed by atoms with Gasteiger partial charge in [0.05, 0.1) is 11.0 Å². The lowest BCUT2D eigenvalue weighted by Gasteiger charge is -2.33. The van der Waals surface area contributed by atoms with Crippen molar-refractivity contribution in [2.24, 2.45) is 11.7 Å². The van der Waals surface area contributed by atoms with E-state index < -0.39 is 16.1 Å². The van der Waals surface area contributed by atoms with E-state index in [1.165, 1.54) is 16.4 Å². The third kappa shape index (κ3) is 2.99. The van der Waals surface area contributed by atoms with E-state index in [2.05, 4.69) is 0 Å². The zero-order valence-corrected chi connectivity index (χ0v) is 12.9. The number of benzene rings is 1. The van der Waals surface area contributed by atoms with Crippen LogP contribution in [0, 0.1) is 5.92 Å². The number of hydrogen-bond donors (Lipinski definition) is 2. The predicted molar refractivity (Wildman–Crippen MR) is 77.9 cm³/mol. The lowest BCUT2D eigenvalue weighted by Crippen LogP contribution is -2.44. The first kappa shape index (κ1) is 15.7. The summed E-state index contributed by atoms with van der Waals surface area (Å²) in [7, 11) is -3.57. The zero-order chi connectivity index (χ0) is 14.9. The molecule has 0 amide bonds. The topological polar surface area (TPSA) is 83.6 Å². The van der Waals surface area contributed by atoms with Crippen LogP contribution in [0.3, 0.4) is 0 Å². The predicted octanol–water partition coefficient (Wildman–Crippen LogP) is 1.19.